The second-order valence-electron chi connectivity index (χ2n) is 6.89. The molecule has 1 unspecified atom stereocenters. The van der Waals surface area contributed by atoms with E-state index in [0.717, 1.165) is 36.6 Å². The summed E-state index contributed by atoms with van der Waals surface area (Å²) in [7, 11) is 1.62. The smallest absolute Gasteiger partial charge is 0.161 e. The summed E-state index contributed by atoms with van der Waals surface area (Å²) in [6, 6.07) is 6.00. The third-order valence-electron chi connectivity index (χ3n) is 4.69. The zero-order valence-corrected chi connectivity index (χ0v) is 15.7. The van der Waals surface area contributed by atoms with Crippen LogP contribution < -0.4 is 14.8 Å². The Kier molecular flexibility index (Phi) is 6.11. The molecule has 1 aliphatic heterocycles. The molecule has 3 rings (SSSR count). The van der Waals surface area contributed by atoms with Crippen molar-refractivity contribution >= 4 is 0 Å². The number of rotatable bonds is 9. The van der Waals surface area contributed by atoms with E-state index in [0.29, 0.717) is 24.0 Å². The van der Waals surface area contributed by atoms with Crippen LogP contribution in [0, 0.1) is 5.92 Å². The molecule has 2 N–H and O–H groups in total. The molecule has 0 amide bonds. The van der Waals surface area contributed by atoms with Gasteiger partial charge in [-0.25, -0.2) is 0 Å². The molecule has 0 radical (unpaired) electrons. The lowest BCUT2D eigenvalue weighted by molar-refractivity contribution is 0.196. The van der Waals surface area contributed by atoms with E-state index in [1.54, 1.807) is 7.11 Å². The number of ether oxygens (including phenoxy) is 2. The third kappa shape index (κ3) is 3.99. The number of hydrogen-bond acceptors (Lipinski definition) is 6. The summed E-state index contributed by atoms with van der Waals surface area (Å²) in [5.74, 6) is 3.84. The van der Waals surface area contributed by atoms with Crippen LogP contribution in [0.4, 0.5) is 0 Å². The first kappa shape index (κ1) is 18.7. The molecule has 2 aromatic rings. The van der Waals surface area contributed by atoms with E-state index in [-0.39, 0.29) is 19.3 Å². The van der Waals surface area contributed by atoms with Gasteiger partial charge in [0.1, 0.15) is 18.3 Å². The molecule has 0 spiro atoms. The number of nitrogens with one attached hydrogen (secondary N) is 1. The van der Waals surface area contributed by atoms with Gasteiger partial charge in [-0.1, -0.05) is 19.9 Å². The van der Waals surface area contributed by atoms with Gasteiger partial charge in [-0.15, -0.1) is 10.2 Å². The number of aromatic nitrogens is 3. The molecule has 0 fully saturated rings. The van der Waals surface area contributed by atoms with Crippen molar-refractivity contribution in [3.8, 4) is 11.5 Å². The number of hydrogen-bond donors (Lipinski definition) is 2. The largest absolute Gasteiger partial charge is 0.493 e. The summed E-state index contributed by atoms with van der Waals surface area (Å²) in [6.07, 6.45) is 2.17. The lowest BCUT2D eigenvalue weighted by Gasteiger charge is -2.22. The molecule has 1 aromatic carbocycles. The fourth-order valence-electron chi connectivity index (χ4n) is 3.35. The van der Waals surface area contributed by atoms with Gasteiger partial charge in [-0.05, 0) is 30.0 Å². The van der Waals surface area contributed by atoms with Crippen LogP contribution >= 0.6 is 0 Å². The fraction of sp³-hybridized carbons (Fsp3) is 0.579. The van der Waals surface area contributed by atoms with Gasteiger partial charge in [-0.2, -0.15) is 0 Å². The van der Waals surface area contributed by atoms with Gasteiger partial charge < -0.3 is 24.5 Å². The Bertz CT molecular complexity index is 730. The molecule has 2 heterocycles. The molecular formula is C19H28N4O3. The van der Waals surface area contributed by atoms with Crippen LogP contribution in [0.1, 0.15) is 43.5 Å². The van der Waals surface area contributed by atoms with Gasteiger partial charge in [0.2, 0.25) is 0 Å². The maximum Gasteiger partial charge on any atom is 0.161 e. The van der Waals surface area contributed by atoms with E-state index >= 15 is 0 Å². The molecule has 1 aromatic heterocycles. The number of nitrogens with zero attached hydrogens (tertiary/aromatic N) is 3. The van der Waals surface area contributed by atoms with Crippen LogP contribution in [-0.2, 0) is 19.5 Å². The van der Waals surface area contributed by atoms with Gasteiger partial charge in [-0.3, -0.25) is 0 Å². The first-order chi connectivity index (χ1) is 12.6. The molecule has 1 aliphatic rings. The summed E-state index contributed by atoms with van der Waals surface area (Å²) in [5, 5.41) is 21.3. The minimum Gasteiger partial charge on any atom is -0.493 e. The van der Waals surface area contributed by atoms with Crippen molar-refractivity contribution < 1.29 is 14.6 Å². The Morgan fingerprint density at radius 2 is 2.12 bits per heavy atom. The molecule has 0 bridgehead atoms. The van der Waals surface area contributed by atoms with Crippen LogP contribution in [0.2, 0.25) is 0 Å². The summed E-state index contributed by atoms with van der Waals surface area (Å²) in [4.78, 5) is 0. The molecule has 0 saturated heterocycles. The summed E-state index contributed by atoms with van der Waals surface area (Å²) >= 11 is 0. The number of benzene rings is 1. The Labute approximate surface area is 154 Å². The number of aliphatic hydroxyl groups is 1. The van der Waals surface area contributed by atoms with Crippen molar-refractivity contribution in [3.05, 3.63) is 35.4 Å². The summed E-state index contributed by atoms with van der Waals surface area (Å²) < 4.78 is 13.2. The van der Waals surface area contributed by atoms with E-state index in [1.165, 1.54) is 0 Å². The zero-order valence-electron chi connectivity index (χ0n) is 15.7. The van der Waals surface area contributed by atoms with Crippen molar-refractivity contribution in [2.75, 3.05) is 20.3 Å². The Balaban J connectivity index is 1.71. The van der Waals surface area contributed by atoms with Gasteiger partial charge in [0.15, 0.2) is 11.5 Å². The highest BCUT2D eigenvalue weighted by molar-refractivity contribution is 5.43. The molecule has 0 saturated carbocycles. The maximum absolute atomic E-state index is 8.91. The maximum atomic E-state index is 8.91. The van der Waals surface area contributed by atoms with Gasteiger partial charge in [0, 0.05) is 19.5 Å². The Morgan fingerprint density at radius 3 is 2.85 bits per heavy atom. The van der Waals surface area contributed by atoms with E-state index in [4.69, 9.17) is 14.6 Å². The molecule has 7 nitrogen and oxygen atoms in total. The predicted molar refractivity (Wildman–Crippen MR) is 98.3 cm³/mol. The Hall–Kier alpha value is -2.12. The molecule has 26 heavy (non-hydrogen) atoms. The van der Waals surface area contributed by atoms with E-state index < -0.39 is 0 Å². The quantitative estimate of drug-likeness (QED) is 0.713. The standard InChI is InChI=1S/C19H28N4O3/c1-13(2)18(19-22-21-17-5-4-8-23(17)19)20-12-14-6-7-15(26-10-9-24)16(11-14)25-3/h6-7,11,13,18,20,24H,4-5,8-10,12H2,1-3H3. The van der Waals surface area contributed by atoms with Crippen molar-refractivity contribution in [2.24, 2.45) is 5.92 Å². The lowest BCUT2D eigenvalue weighted by Crippen LogP contribution is -2.28. The van der Waals surface area contributed by atoms with Crippen LogP contribution in [0.25, 0.3) is 0 Å². The van der Waals surface area contributed by atoms with Crippen molar-refractivity contribution in [3.63, 3.8) is 0 Å². The van der Waals surface area contributed by atoms with E-state index in [1.807, 2.05) is 18.2 Å². The number of aliphatic hydroxyl groups excluding tert-OH is 1. The van der Waals surface area contributed by atoms with Crippen molar-refractivity contribution in [1.82, 2.24) is 20.1 Å². The topological polar surface area (TPSA) is 81.4 Å². The minimum absolute atomic E-state index is 0.0226. The minimum atomic E-state index is -0.0226. The van der Waals surface area contributed by atoms with Crippen molar-refractivity contribution in [2.45, 2.75) is 45.8 Å². The molecule has 1 atom stereocenters. The monoisotopic (exact) mass is 360 g/mol. The molecule has 0 aliphatic carbocycles. The van der Waals surface area contributed by atoms with Gasteiger partial charge >= 0.3 is 0 Å². The summed E-state index contributed by atoms with van der Waals surface area (Å²) in [5.41, 5.74) is 1.10. The number of fused-ring (bicyclic) bond motifs is 1. The number of methoxy groups -OCH3 is 1. The SMILES string of the molecule is COc1cc(CNC(c2nnc3n2CCC3)C(C)C)ccc1OCCO. The first-order valence-corrected chi connectivity index (χ1v) is 9.20. The fourth-order valence-corrected chi connectivity index (χ4v) is 3.35. The zero-order chi connectivity index (χ0) is 18.5. The van der Waals surface area contributed by atoms with E-state index in [9.17, 15) is 0 Å². The van der Waals surface area contributed by atoms with Crippen LogP contribution in [0.5, 0.6) is 11.5 Å². The number of aryl methyl sites for hydroxylation is 1. The van der Waals surface area contributed by atoms with Gasteiger partial charge in [0.05, 0.1) is 19.8 Å². The van der Waals surface area contributed by atoms with E-state index in [2.05, 4.69) is 33.9 Å². The van der Waals surface area contributed by atoms with Gasteiger partial charge in [0.25, 0.3) is 0 Å². The third-order valence-corrected chi connectivity index (χ3v) is 4.69. The normalized spacial score (nSPS) is 14.5. The second kappa shape index (κ2) is 8.51. The molecule has 7 heteroatoms. The lowest BCUT2D eigenvalue weighted by atomic mass is 10.0. The Morgan fingerprint density at radius 1 is 1.27 bits per heavy atom. The van der Waals surface area contributed by atoms with Crippen LogP contribution in [-0.4, -0.2) is 40.2 Å². The van der Waals surface area contributed by atoms with Crippen LogP contribution in [0.3, 0.4) is 0 Å². The highest BCUT2D eigenvalue weighted by Crippen LogP contribution is 2.29. The summed E-state index contributed by atoms with van der Waals surface area (Å²) in [6.45, 7) is 6.32. The first-order valence-electron chi connectivity index (χ1n) is 9.20. The highest BCUT2D eigenvalue weighted by atomic mass is 16.5. The molecular weight excluding hydrogens is 332 g/mol. The highest BCUT2D eigenvalue weighted by Gasteiger charge is 2.26. The van der Waals surface area contributed by atoms with Crippen molar-refractivity contribution in [1.29, 1.82) is 0 Å². The average Bonchev–Trinajstić information content (AvgIpc) is 3.25. The molecule has 142 valence electrons. The predicted octanol–water partition coefficient (Wildman–Crippen LogP) is 2.09. The average molecular weight is 360 g/mol. The van der Waals surface area contributed by atoms with Crippen LogP contribution in [0.15, 0.2) is 18.2 Å². The second-order valence-corrected chi connectivity index (χ2v) is 6.89.